The molecule has 1 amide bonds. The standard InChI is InChI=1S/C25H23F3N6O2/c1-15-13-33(14-29-15)20-11-10-18(12-22(20)36-2)30-24(35)23-21-5-3-4-19(34(21)32-31-23)16-6-8-17(9-7-16)25(26,27)28/h6-14,19H,3-5H2,1-2H3,(H,30,35). The number of aryl methyl sites for hydroxylation is 1. The maximum atomic E-state index is 13.1. The van der Waals surface area contributed by atoms with Crippen LogP contribution >= 0.6 is 0 Å². The van der Waals surface area contributed by atoms with E-state index in [0.29, 0.717) is 35.5 Å². The molecule has 5 rings (SSSR count). The van der Waals surface area contributed by atoms with Crippen LogP contribution in [-0.2, 0) is 12.6 Å². The SMILES string of the molecule is COc1cc(NC(=O)c2nnn3c2CCCC3c2ccc(C(F)(F)F)cc2)ccc1-n1cnc(C)c1. The van der Waals surface area contributed by atoms with E-state index in [1.807, 2.05) is 23.8 Å². The molecule has 0 spiro atoms. The summed E-state index contributed by atoms with van der Waals surface area (Å²) in [6.07, 6.45) is 1.19. The Balaban J connectivity index is 1.37. The van der Waals surface area contributed by atoms with Crippen molar-refractivity contribution in [3.05, 3.63) is 83.2 Å². The van der Waals surface area contributed by atoms with Gasteiger partial charge in [0.1, 0.15) is 5.75 Å². The first kappa shape index (κ1) is 23.6. The number of carbonyl (C=O) groups excluding carboxylic acids is 1. The van der Waals surface area contributed by atoms with Gasteiger partial charge in [-0.25, -0.2) is 9.67 Å². The summed E-state index contributed by atoms with van der Waals surface area (Å²) in [5, 5.41) is 11.1. The Kier molecular flexibility index (Phi) is 5.99. The number of imidazole rings is 1. The second-order valence-electron chi connectivity index (χ2n) is 8.62. The van der Waals surface area contributed by atoms with E-state index in [4.69, 9.17) is 4.74 Å². The molecule has 3 heterocycles. The summed E-state index contributed by atoms with van der Waals surface area (Å²) in [7, 11) is 1.55. The van der Waals surface area contributed by atoms with Crippen LogP contribution in [0.3, 0.4) is 0 Å². The summed E-state index contributed by atoms with van der Waals surface area (Å²) in [5.74, 6) is 0.134. The first-order valence-corrected chi connectivity index (χ1v) is 11.4. The molecule has 2 aromatic carbocycles. The highest BCUT2D eigenvalue weighted by Gasteiger charge is 2.32. The number of anilines is 1. The van der Waals surface area contributed by atoms with Crippen LogP contribution < -0.4 is 10.1 Å². The Bertz CT molecular complexity index is 1410. The number of amides is 1. The zero-order chi connectivity index (χ0) is 25.4. The van der Waals surface area contributed by atoms with Gasteiger partial charge >= 0.3 is 6.18 Å². The highest BCUT2D eigenvalue weighted by Crippen LogP contribution is 2.34. The quantitative estimate of drug-likeness (QED) is 0.421. The van der Waals surface area contributed by atoms with Crippen LogP contribution in [0.2, 0.25) is 0 Å². The third-order valence-electron chi connectivity index (χ3n) is 6.24. The van der Waals surface area contributed by atoms with E-state index in [1.165, 1.54) is 12.1 Å². The molecule has 2 aromatic heterocycles. The van der Waals surface area contributed by atoms with Crippen LogP contribution in [0, 0.1) is 6.92 Å². The van der Waals surface area contributed by atoms with Crippen molar-refractivity contribution in [3.63, 3.8) is 0 Å². The second kappa shape index (κ2) is 9.14. The highest BCUT2D eigenvalue weighted by atomic mass is 19.4. The Morgan fingerprint density at radius 2 is 1.94 bits per heavy atom. The number of rotatable bonds is 5. The monoisotopic (exact) mass is 496 g/mol. The summed E-state index contributed by atoms with van der Waals surface area (Å²) in [6, 6.07) is 10.0. The third-order valence-corrected chi connectivity index (χ3v) is 6.24. The van der Waals surface area contributed by atoms with Gasteiger partial charge in [-0.1, -0.05) is 17.3 Å². The topological polar surface area (TPSA) is 86.9 Å². The first-order valence-electron chi connectivity index (χ1n) is 11.4. The normalized spacial score (nSPS) is 15.4. The van der Waals surface area contributed by atoms with Gasteiger partial charge in [0, 0.05) is 18.0 Å². The number of ether oxygens (including phenoxy) is 1. The lowest BCUT2D eigenvalue weighted by molar-refractivity contribution is -0.137. The minimum Gasteiger partial charge on any atom is -0.494 e. The molecule has 1 unspecified atom stereocenters. The summed E-state index contributed by atoms with van der Waals surface area (Å²) in [6.45, 7) is 1.89. The van der Waals surface area contributed by atoms with Crippen LogP contribution in [-0.4, -0.2) is 37.6 Å². The number of alkyl halides is 3. The van der Waals surface area contributed by atoms with Crippen molar-refractivity contribution >= 4 is 11.6 Å². The van der Waals surface area contributed by atoms with E-state index in [9.17, 15) is 18.0 Å². The Labute approximate surface area is 204 Å². The van der Waals surface area contributed by atoms with Crippen LogP contribution in [0.1, 0.15) is 51.9 Å². The van der Waals surface area contributed by atoms with Crippen LogP contribution in [0.5, 0.6) is 5.75 Å². The van der Waals surface area contributed by atoms with Gasteiger partial charge in [0.2, 0.25) is 0 Å². The van der Waals surface area contributed by atoms with Gasteiger partial charge in [-0.05, 0) is 56.0 Å². The summed E-state index contributed by atoms with van der Waals surface area (Å²) in [4.78, 5) is 17.3. The zero-order valence-corrected chi connectivity index (χ0v) is 19.6. The minimum atomic E-state index is -4.40. The molecule has 0 fully saturated rings. The Hall–Kier alpha value is -4.15. The fraction of sp³-hybridized carbons (Fsp3) is 0.280. The molecule has 1 N–H and O–H groups in total. The average Bonchev–Trinajstić information content (AvgIpc) is 3.49. The second-order valence-corrected chi connectivity index (χ2v) is 8.62. The fourth-order valence-corrected chi connectivity index (χ4v) is 4.47. The predicted octanol–water partition coefficient (Wildman–Crippen LogP) is 4.98. The van der Waals surface area contributed by atoms with Gasteiger partial charge in [0.25, 0.3) is 5.91 Å². The van der Waals surface area contributed by atoms with E-state index < -0.39 is 17.6 Å². The molecule has 4 aromatic rings. The largest absolute Gasteiger partial charge is 0.494 e. The number of carbonyl (C=O) groups is 1. The number of nitrogens with zero attached hydrogens (tertiary/aromatic N) is 5. The van der Waals surface area contributed by atoms with Gasteiger partial charge < -0.3 is 14.6 Å². The number of hydrogen-bond acceptors (Lipinski definition) is 5. The molecule has 0 bridgehead atoms. The number of fused-ring (bicyclic) bond motifs is 1. The highest BCUT2D eigenvalue weighted by molar-refractivity contribution is 6.03. The number of aromatic nitrogens is 5. The number of hydrogen-bond donors (Lipinski definition) is 1. The first-order chi connectivity index (χ1) is 17.2. The third kappa shape index (κ3) is 4.43. The maximum Gasteiger partial charge on any atom is 0.416 e. The molecule has 1 aliphatic rings. The molecule has 0 aliphatic carbocycles. The van der Waals surface area contributed by atoms with Crippen molar-refractivity contribution in [3.8, 4) is 11.4 Å². The molecular formula is C25H23F3N6O2. The molecule has 11 heteroatoms. The molecule has 1 atom stereocenters. The number of halogens is 3. The molecule has 0 saturated heterocycles. The molecular weight excluding hydrogens is 473 g/mol. The van der Waals surface area contributed by atoms with E-state index in [2.05, 4.69) is 20.6 Å². The van der Waals surface area contributed by atoms with Crippen LogP contribution in [0.15, 0.2) is 55.0 Å². The van der Waals surface area contributed by atoms with Crippen molar-refractivity contribution in [2.45, 2.75) is 38.4 Å². The van der Waals surface area contributed by atoms with Crippen molar-refractivity contribution in [1.82, 2.24) is 24.5 Å². The maximum absolute atomic E-state index is 13.1. The van der Waals surface area contributed by atoms with E-state index in [1.54, 1.807) is 30.3 Å². The molecule has 0 radical (unpaired) electrons. The molecule has 1 aliphatic heterocycles. The van der Waals surface area contributed by atoms with Gasteiger partial charge in [-0.3, -0.25) is 4.79 Å². The fourth-order valence-electron chi connectivity index (χ4n) is 4.47. The van der Waals surface area contributed by atoms with Crippen molar-refractivity contribution in [2.24, 2.45) is 0 Å². The number of methoxy groups -OCH3 is 1. The van der Waals surface area contributed by atoms with Gasteiger partial charge in [-0.2, -0.15) is 13.2 Å². The van der Waals surface area contributed by atoms with E-state index in [-0.39, 0.29) is 11.7 Å². The average molecular weight is 496 g/mol. The Morgan fingerprint density at radius 1 is 1.17 bits per heavy atom. The number of nitrogens with one attached hydrogen (secondary N) is 1. The molecule has 8 nitrogen and oxygen atoms in total. The number of benzene rings is 2. The van der Waals surface area contributed by atoms with Gasteiger partial charge in [0.05, 0.1) is 42.1 Å². The van der Waals surface area contributed by atoms with Crippen molar-refractivity contribution in [1.29, 1.82) is 0 Å². The van der Waals surface area contributed by atoms with Crippen LogP contribution in [0.4, 0.5) is 18.9 Å². The lowest BCUT2D eigenvalue weighted by Gasteiger charge is -2.24. The van der Waals surface area contributed by atoms with E-state index in [0.717, 1.165) is 29.9 Å². The lowest BCUT2D eigenvalue weighted by atomic mass is 9.95. The molecule has 186 valence electrons. The van der Waals surface area contributed by atoms with Crippen LogP contribution in [0.25, 0.3) is 5.69 Å². The molecule has 0 saturated carbocycles. The summed E-state index contributed by atoms with van der Waals surface area (Å²) < 4.78 is 47.8. The minimum absolute atomic E-state index is 0.194. The van der Waals surface area contributed by atoms with Crippen molar-refractivity contribution < 1.29 is 22.7 Å². The van der Waals surface area contributed by atoms with Gasteiger partial charge in [-0.15, -0.1) is 5.10 Å². The lowest BCUT2D eigenvalue weighted by Crippen LogP contribution is -2.22. The Morgan fingerprint density at radius 3 is 2.61 bits per heavy atom. The van der Waals surface area contributed by atoms with Crippen molar-refractivity contribution in [2.75, 3.05) is 12.4 Å². The van der Waals surface area contributed by atoms with Gasteiger partial charge in [0.15, 0.2) is 5.69 Å². The predicted molar refractivity (Wildman–Crippen MR) is 125 cm³/mol. The molecule has 36 heavy (non-hydrogen) atoms. The smallest absolute Gasteiger partial charge is 0.416 e. The summed E-state index contributed by atoms with van der Waals surface area (Å²) >= 11 is 0. The summed E-state index contributed by atoms with van der Waals surface area (Å²) in [5.41, 5.74) is 2.99. The van der Waals surface area contributed by atoms with E-state index >= 15 is 0 Å². The zero-order valence-electron chi connectivity index (χ0n) is 19.6.